The number of esters is 2. The number of hydrogen-bond acceptors (Lipinski definition) is 10. The molecule has 3 rings (SSSR count). The van der Waals surface area contributed by atoms with E-state index in [0.29, 0.717) is 0 Å². The van der Waals surface area contributed by atoms with Crippen molar-refractivity contribution in [3.8, 4) is 0 Å². The van der Waals surface area contributed by atoms with E-state index in [-0.39, 0.29) is 10.5 Å². The molecule has 0 bridgehead atoms. The molecule has 188 valence electrons. The number of H-pyrrole nitrogens is 1. The molecule has 1 aromatic heterocycles. The second-order valence-electron chi connectivity index (χ2n) is 7.72. The van der Waals surface area contributed by atoms with E-state index in [9.17, 15) is 27.6 Å². The van der Waals surface area contributed by atoms with Gasteiger partial charge >= 0.3 is 17.6 Å². The van der Waals surface area contributed by atoms with E-state index in [2.05, 4.69) is 11.6 Å². The van der Waals surface area contributed by atoms with E-state index in [4.69, 9.17) is 18.4 Å². The molecule has 0 radical (unpaired) electrons. The molecular weight excluding hydrogens is 484 g/mol. The molecule has 13 heteroatoms. The Kier molecular flexibility index (Phi) is 7.73. The van der Waals surface area contributed by atoms with E-state index in [1.54, 1.807) is 19.1 Å². The zero-order valence-corrected chi connectivity index (χ0v) is 19.9. The largest absolute Gasteiger partial charge is 0.463 e. The van der Waals surface area contributed by atoms with Gasteiger partial charge in [0.25, 0.3) is 15.7 Å². The maximum absolute atomic E-state index is 13.0. The first-order valence-electron chi connectivity index (χ1n) is 10.4. The molecule has 2 aromatic rings. The summed E-state index contributed by atoms with van der Waals surface area (Å²) in [5, 5.41) is 0. The fourth-order valence-corrected chi connectivity index (χ4v) is 4.55. The van der Waals surface area contributed by atoms with Crippen LogP contribution in [0.15, 0.2) is 51.5 Å². The van der Waals surface area contributed by atoms with Crippen LogP contribution < -0.4 is 11.2 Å². The molecule has 1 N–H and O–H groups in total. The number of hydrogen-bond donors (Lipinski definition) is 1. The molecule has 1 saturated heterocycles. The van der Waals surface area contributed by atoms with Crippen LogP contribution in [-0.2, 0) is 38.1 Å². The number of carbonyl (C=O) groups is 2. The second-order valence-corrected chi connectivity index (χ2v) is 9.30. The summed E-state index contributed by atoms with van der Waals surface area (Å²) < 4.78 is 48.5. The van der Waals surface area contributed by atoms with Gasteiger partial charge in [0.1, 0.15) is 18.8 Å². The Morgan fingerprint density at radius 1 is 1.14 bits per heavy atom. The Morgan fingerprint density at radius 2 is 1.80 bits per heavy atom. The van der Waals surface area contributed by atoms with Crippen LogP contribution >= 0.6 is 0 Å². The van der Waals surface area contributed by atoms with Gasteiger partial charge in [-0.1, -0.05) is 30.4 Å². The maximum Gasteiger partial charge on any atom is 0.330 e. The van der Waals surface area contributed by atoms with E-state index >= 15 is 0 Å². The highest BCUT2D eigenvalue weighted by molar-refractivity contribution is 7.86. The molecular formula is C22H24N2O10S. The lowest BCUT2D eigenvalue weighted by Crippen LogP contribution is -2.43. The molecule has 1 aliphatic rings. The van der Waals surface area contributed by atoms with Gasteiger partial charge in [-0.25, -0.2) is 4.79 Å². The van der Waals surface area contributed by atoms with Crippen molar-refractivity contribution in [2.45, 2.75) is 50.2 Å². The molecule has 4 atom stereocenters. The normalized spacial score (nSPS) is 21.9. The number of aryl methyl sites for hydroxylation is 1. The maximum atomic E-state index is 13.0. The Labute approximate surface area is 200 Å². The van der Waals surface area contributed by atoms with Crippen molar-refractivity contribution in [3.05, 3.63) is 69.0 Å². The number of aromatic amines is 1. The van der Waals surface area contributed by atoms with Crippen LogP contribution in [-0.4, -0.2) is 54.8 Å². The Bertz CT molecular complexity index is 1340. The summed E-state index contributed by atoms with van der Waals surface area (Å²) in [6, 6.07) is 5.81. The predicted octanol–water partition coefficient (Wildman–Crippen LogP) is 0.654. The quantitative estimate of drug-likeness (QED) is 0.396. The fraction of sp³-hybridized carbons (Fsp3) is 0.364. The highest BCUT2D eigenvalue weighted by Crippen LogP contribution is 2.35. The van der Waals surface area contributed by atoms with Crippen LogP contribution in [0, 0.1) is 6.92 Å². The number of rotatable bonds is 8. The Balaban J connectivity index is 2.08. The highest BCUT2D eigenvalue weighted by atomic mass is 32.2. The van der Waals surface area contributed by atoms with Gasteiger partial charge in [0.2, 0.25) is 0 Å². The van der Waals surface area contributed by atoms with E-state index in [1.807, 2.05) is 0 Å². The molecule has 0 saturated carbocycles. The Morgan fingerprint density at radius 3 is 2.37 bits per heavy atom. The molecule has 0 amide bonds. The summed E-state index contributed by atoms with van der Waals surface area (Å²) in [6.07, 6.45) is -3.37. The van der Waals surface area contributed by atoms with Crippen LogP contribution in [0.1, 0.15) is 31.2 Å². The molecule has 0 aliphatic carbocycles. The van der Waals surface area contributed by atoms with E-state index in [1.165, 1.54) is 18.2 Å². The molecule has 1 fully saturated rings. The summed E-state index contributed by atoms with van der Waals surface area (Å²) in [7, 11) is -4.41. The first-order valence-corrected chi connectivity index (χ1v) is 11.8. The van der Waals surface area contributed by atoms with Crippen molar-refractivity contribution in [1.82, 2.24) is 9.55 Å². The minimum Gasteiger partial charge on any atom is -0.463 e. The van der Waals surface area contributed by atoms with Gasteiger partial charge in [-0.3, -0.25) is 28.1 Å². The summed E-state index contributed by atoms with van der Waals surface area (Å²) >= 11 is 0. The summed E-state index contributed by atoms with van der Waals surface area (Å²) in [6.45, 7) is 7.02. The topological polar surface area (TPSA) is 160 Å². The van der Waals surface area contributed by atoms with E-state index < -0.39 is 64.5 Å². The molecule has 1 aliphatic heterocycles. The number of aromatic nitrogens is 2. The summed E-state index contributed by atoms with van der Waals surface area (Å²) in [4.78, 5) is 49.7. The number of carbonyl (C=O) groups excluding carboxylic acids is 2. The van der Waals surface area contributed by atoms with Crippen LogP contribution in [0.5, 0.6) is 0 Å². The molecule has 35 heavy (non-hydrogen) atoms. The molecule has 12 nitrogen and oxygen atoms in total. The zero-order valence-electron chi connectivity index (χ0n) is 19.1. The summed E-state index contributed by atoms with van der Waals surface area (Å²) in [5.41, 5.74) is -0.817. The zero-order chi connectivity index (χ0) is 25.9. The van der Waals surface area contributed by atoms with Crippen LogP contribution in [0.2, 0.25) is 0 Å². The molecule has 0 unspecified atom stereocenters. The first-order chi connectivity index (χ1) is 16.4. The number of nitrogens with zero attached hydrogens (tertiary/aromatic N) is 1. The van der Waals surface area contributed by atoms with Gasteiger partial charge in [0.05, 0.1) is 10.5 Å². The average Bonchev–Trinajstić information content (AvgIpc) is 3.08. The molecule has 0 spiro atoms. The van der Waals surface area contributed by atoms with Gasteiger partial charge in [0.15, 0.2) is 12.3 Å². The molecule has 1 aromatic carbocycles. The van der Waals surface area contributed by atoms with Gasteiger partial charge in [0, 0.05) is 20.0 Å². The first kappa shape index (κ1) is 26.1. The van der Waals surface area contributed by atoms with Crippen LogP contribution in [0.3, 0.4) is 0 Å². The van der Waals surface area contributed by atoms with Crippen molar-refractivity contribution < 1.29 is 36.4 Å². The van der Waals surface area contributed by atoms with Crippen LogP contribution in [0.4, 0.5) is 0 Å². The second kappa shape index (κ2) is 10.4. The van der Waals surface area contributed by atoms with Crippen molar-refractivity contribution in [2.24, 2.45) is 0 Å². The van der Waals surface area contributed by atoms with Crippen molar-refractivity contribution in [2.75, 3.05) is 6.61 Å². The third kappa shape index (κ3) is 5.93. The smallest absolute Gasteiger partial charge is 0.330 e. The SMILES string of the molecule is C=Cc1cn([C@@H]2O[C@H](COC(C)=O)[C@H](OS(=O)(=O)c3ccc(C)cc3)[C@H]2OC(C)=O)c(=O)[nH]c1=O. The minimum atomic E-state index is -4.41. The predicted molar refractivity (Wildman–Crippen MR) is 121 cm³/mol. The van der Waals surface area contributed by atoms with E-state index in [0.717, 1.165) is 30.2 Å². The van der Waals surface area contributed by atoms with Gasteiger partial charge < -0.3 is 14.2 Å². The fourth-order valence-electron chi connectivity index (χ4n) is 3.44. The van der Waals surface area contributed by atoms with Crippen molar-refractivity contribution in [1.29, 1.82) is 0 Å². The standard InChI is InChI=1S/C22H24N2O10S/c1-5-15-10-24(22(28)23-20(15)27)21-19(32-14(4)26)18(17(33-21)11-31-13(3)25)34-35(29,30)16-8-6-12(2)7-9-16/h5-10,17-19,21H,1,11H2,2-4H3,(H,23,27,28)/t17-,18+,19-,21-/m1/s1. The monoisotopic (exact) mass is 508 g/mol. The lowest BCUT2D eigenvalue weighted by molar-refractivity contribution is -0.155. The Hall–Kier alpha value is -3.55. The highest BCUT2D eigenvalue weighted by Gasteiger charge is 2.51. The third-order valence-electron chi connectivity index (χ3n) is 5.08. The number of nitrogens with one attached hydrogen (secondary N) is 1. The van der Waals surface area contributed by atoms with Gasteiger partial charge in [-0.15, -0.1) is 0 Å². The lowest BCUT2D eigenvalue weighted by Gasteiger charge is -2.24. The lowest BCUT2D eigenvalue weighted by atomic mass is 10.1. The third-order valence-corrected chi connectivity index (χ3v) is 6.40. The number of ether oxygens (including phenoxy) is 3. The average molecular weight is 509 g/mol. The van der Waals surface area contributed by atoms with Gasteiger partial charge in [-0.05, 0) is 19.1 Å². The van der Waals surface area contributed by atoms with Crippen LogP contribution in [0.25, 0.3) is 6.08 Å². The minimum absolute atomic E-state index is 0.00274. The number of benzene rings is 1. The van der Waals surface area contributed by atoms with Gasteiger partial charge in [-0.2, -0.15) is 8.42 Å². The van der Waals surface area contributed by atoms with Crippen molar-refractivity contribution in [3.63, 3.8) is 0 Å². The van der Waals surface area contributed by atoms with Crippen molar-refractivity contribution >= 4 is 28.1 Å². The molecule has 2 heterocycles. The summed E-state index contributed by atoms with van der Waals surface area (Å²) in [5.74, 6) is -1.50.